The van der Waals surface area contributed by atoms with E-state index in [0.717, 1.165) is 12.8 Å². The minimum Gasteiger partial charge on any atom is -0.327 e. The van der Waals surface area contributed by atoms with E-state index in [1.807, 2.05) is 6.92 Å². The molecule has 0 aromatic carbocycles. The van der Waals surface area contributed by atoms with Crippen LogP contribution in [0.25, 0.3) is 0 Å². The van der Waals surface area contributed by atoms with Gasteiger partial charge in [-0.05, 0) is 38.0 Å². The van der Waals surface area contributed by atoms with Gasteiger partial charge >= 0.3 is 0 Å². The normalized spacial score (nSPS) is 35.2. The number of nitrogens with two attached hydrogens (primary N) is 1. The van der Waals surface area contributed by atoms with Crippen LogP contribution in [0.2, 0.25) is 0 Å². The van der Waals surface area contributed by atoms with Crippen LogP contribution in [0.1, 0.15) is 25.1 Å². The molecule has 4 unspecified atom stereocenters. The number of nitrogens with one attached hydrogen (secondary N) is 1. The Morgan fingerprint density at radius 2 is 2.24 bits per heavy atom. The molecular weight excluding hydrogens is 236 g/mol. The lowest BCUT2D eigenvalue weighted by molar-refractivity contribution is -0.121. The Morgan fingerprint density at radius 3 is 2.82 bits per heavy atom. The predicted octanol–water partition coefficient (Wildman–Crippen LogP) is 1.16. The van der Waals surface area contributed by atoms with Crippen molar-refractivity contribution in [1.82, 2.24) is 9.36 Å². The Bertz CT molecular complexity index is 444. The Balaban J connectivity index is 1.70. The van der Waals surface area contributed by atoms with E-state index < -0.39 is 0 Å². The van der Waals surface area contributed by atoms with E-state index in [2.05, 4.69) is 14.7 Å². The summed E-state index contributed by atoms with van der Waals surface area (Å²) in [7, 11) is 0. The van der Waals surface area contributed by atoms with E-state index in [0.29, 0.717) is 22.8 Å². The molecule has 5 nitrogen and oxygen atoms in total. The molecule has 6 heteroatoms. The molecule has 1 amide bonds. The topological polar surface area (TPSA) is 80.9 Å². The first kappa shape index (κ1) is 11.1. The van der Waals surface area contributed by atoms with Crippen molar-refractivity contribution in [3.05, 3.63) is 5.82 Å². The zero-order valence-corrected chi connectivity index (χ0v) is 10.5. The second-order valence-electron chi connectivity index (χ2n) is 5.07. The molecule has 0 radical (unpaired) electrons. The van der Waals surface area contributed by atoms with Gasteiger partial charge in [0, 0.05) is 17.6 Å². The fourth-order valence-electron chi connectivity index (χ4n) is 3.26. The van der Waals surface area contributed by atoms with Crippen molar-refractivity contribution in [2.24, 2.45) is 23.5 Å². The summed E-state index contributed by atoms with van der Waals surface area (Å²) in [6.45, 7) is 1.81. The average molecular weight is 252 g/mol. The molecule has 2 aliphatic rings. The molecule has 2 saturated carbocycles. The number of amides is 1. The summed E-state index contributed by atoms with van der Waals surface area (Å²) < 4.78 is 4.05. The van der Waals surface area contributed by atoms with Gasteiger partial charge < -0.3 is 11.1 Å². The van der Waals surface area contributed by atoms with Gasteiger partial charge in [-0.3, -0.25) is 4.79 Å². The molecule has 3 rings (SSSR count). The third kappa shape index (κ3) is 1.85. The van der Waals surface area contributed by atoms with Crippen LogP contribution in [0.3, 0.4) is 0 Å². The average Bonchev–Trinajstić information content (AvgIpc) is 2.94. The van der Waals surface area contributed by atoms with Crippen molar-refractivity contribution < 1.29 is 4.79 Å². The quantitative estimate of drug-likeness (QED) is 0.827. The summed E-state index contributed by atoms with van der Waals surface area (Å²) in [5.74, 6) is 1.72. The highest BCUT2D eigenvalue weighted by Gasteiger charge is 2.49. The highest BCUT2D eigenvalue weighted by atomic mass is 32.1. The maximum absolute atomic E-state index is 12.2. The number of anilines is 1. The summed E-state index contributed by atoms with van der Waals surface area (Å²) in [6, 6.07) is 0.0303. The molecule has 0 saturated heterocycles. The van der Waals surface area contributed by atoms with Crippen molar-refractivity contribution in [2.75, 3.05) is 5.32 Å². The van der Waals surface area contributed by atoms with Gasteiger partial charge in [0.15, 0.2) is 0 Å². The number of hydrogen-bond donors (Lipinski definition) is 2. The second kappa shape index (κ2) is 4.03. The third-order valence-electron chi connectivity index (χ3n) is 4.04. The maximum atomic E-state index is 12.2. The van der Waals surface area contributed by atoms with E-state index in [9.17, 15) is 4.79 Å². The van der Waals surface area contributed by atoms with E-state index in [1.54, 1.807) is 0 Å². The zero-order valence-electron chi connectivity index (χ0n) is 9.72. The molecule has 3 N–H and O–H groups in total. The summed E-state index contributed by atoms with van der Waals surface area (Å²) in [5.41, 5.74) is 6.13. The van der Waals surface area contributed by atoms with Crippen LogP contribution in [0.15, 0.2) is 0 Å². The first-order valence-electron chi connectivity index (χ1n) is 6.02. The first-order valence-corrected chi connectivity index (χ1v) is 6.79. The predicted molar refractivity (Wildman–Crippen MR) is 65.6 cm³/mol. The molecule has 1 aromatic heterocycles. The van der Waals surface area contributed by atoms with Crippen LogP contribution >= 0.6 is 11.5 Å². The number of rotatable bonds is 2. The largest absolute Gasteiger partial charge is 0.327 e. The molecule has 1 aromatic rings. The summed E-state index contributed by atoms with van der Waals surface area (Å²) in [6.07, 6.45) is 3.45. The first-order chi connectivity index (χ1) is 8.15. The molecule has 2 fully saturated rings. The number of hydrogen-bond acceptors (Lipinski definition) is 5. The van der Waals surface area contributed by atoms with Gasteiger partial charge in [0.1, 0.15) is 5.82 Å². The number of fused-ring (bicyclic) bond motifs is 2. The lowest BCUT2D eigenvalue weighted by Gasteiger charge is -2.26. The molecule has 0 aliphatic heterocycles. The number of carbonyl (C=O) groups excluding carboxylic acids is 1. The van der Waals surface area contributed by atoms with Crippen LogP contribution in [0, 0.1) is 24.7 Å². The Morgan fingerprint density at radius 1 is 1.47 bits per heavy atom. The van der Waals surface area contributed by atoms with Crippen molar-refractivity contribution in [3.8, 4) is 0 Å². The van der Waals surface area contributed by atoms with Crippen molar-refractivity contribution >= 4 is 22.6 Å². The number of aryl methyl sites for hydroxylation is 1. The van der Waals surface area contributed by atoms with Crippen molar-refractivity contribution in [2.45, 2.75) is 32.2 Å². The van der Waals surface area contributed by atoms with E-state index in [4.69, 9.17) is 5.73 Å². The van der Waals surface area contributed by atoms with Crippen LogP contribution in [0.5, 0.6) is 0 Å². The van der Waals surface area contributed by atoms with Crippen molar-refractivity contribution in [1.29, 1.82) is 0 Å². The lowest BCUT2D eigenvalue weighted by Crippen LogP contribution is -2.42. The van der Waals surface area contributed by atoms with E-state index in [1.165, 1.54) is 18.0 Å². The van der Waals surface area contributed by atoms with Gasteiger partial charge in [-0.2, -0.15) is 4.37 Å². The fraction of sp³-hybridized carbons (Fsp3) is 0.727. The Hall–Kier alpha value is -1.01. The van der Waals surface area contributed by atoms with E-state index >= 15 is 0 Å². The van der Waals surface area contributed by atoms with Crippen LogP contribution < -0.4 is 11.1 Å². The third-order valence-corrected chi connectivity index (χ3v) is 4.76. The van der Waals surface area contributed by atoms with E-state index in [-0.39, 0.29) is 17.9 Å². The zero-order chi connectivity index (χ0) is 12.0. The molecule has 4 atom stereocenters. The molecule has 0 spiro atoms. The molecule has 2 aliphatic carbocycles. The summed E-state index contributed by atoms with van der Waals surface area (Å²) in [4.78, 5) is 16.3. The van der Waals surface area contributed by atoms with Crippen LogP contribution in [-0.2, 0) is 4.79 Å². The van der Waals surface area contributed by atoms with Gasteiger partial charge in [0.25, 0.3) is 0 Å². The standard InChI is InChI=1S/C11H16N4OS/c1-5-13-11(17-15-5)14-10(16)8-6-2-3-7(4-6)9(8)12/h6-9H,2-4,12H2,1H3,(H,13,14,15,16). The molecule has 17 heavy (non-hydrogen) atoms. The minimum atomic E-state index is -0.0297. The van der Waals surface area contributed by atoms with Crippen LogP contribution in [0.4, 0.5) is 5.13 Å². The summed E-state index contributed by atoms with van der Waals surface area (Å²) >= 11 is 1.22. The fourth-order valence-corrected chi connectivity index (χ4v) is 3.84. The van der Waals surface area contributed by atoms with Gasteiger partial charge in [-0.15, -0.1) is 0 Å². The van der Waals surface area contributed by atoms with Gasteiger partial charge in [0.2, 0.25) is 11.0 Å². The van der Waals surface area contributed by atoms with Gasteiger partial charge in [-0.25, -0.2) is 4.98 Å². The number of aromatic nitrogens is 2. The number of nitrogens with zero attached hydrogens (tertiary/aromatic N) is 2. The minimum absolute atomic E-state index is 0.0286. The Labute approximate surface area is 104 Å². The molecule has 1 heterocycles. The van der Waals surface area contributed by atoms with Crippen LogP contribution in [-0.4, -0.2) is 21.3 Å². The van der Waals surface area contributed by atoms with Gasteiger partial charge in [0.05, 0.1) is 5.92 Å². The maximum Gasteiger partial charge on any atom is 0.231 e. The molecule has 2 bridgehead atoms. The lowest BCUT2D eigenvalue weighted by atomic mass is 9.84. The summed E-state index contributed by atoms with van der Waals surface area (Å²) in [5, 5.41) is 3.43. The molecule has 92 valence electrons. The smallest absolute Gasteiger partial charge is 0.231 e. The Kier molecular flexibility index (Phi) is 2.63. The van der Waals surface area contributed by atoms with Gasteiger partial charge in [-0.1, -0.05) is 0 Å². The monoisotopic (exact) mass is 252 g/mol. The highest BCUT2D eigenvalue weighted by Crippen LogP contribution is 2.47. The highest BCUT2D eigenvalue weighted by molar-refractivity contribution is 7.09. The van der Waals surface area contributed by atoms with Crippen molar-refractivity contribution in [3.63, 3.8) is 0 Å². The second-order valence-corrected chi connectivity index (χ2v) is 5.82. The molecular formula is C11H16N4OS. The SMILES string of the molecule is Cc1nsc(NC(=O)C2C3CCC(C3)C2N)n1. The number of carbonyl (C=O) groups is 1.